The van der Waals surface area contributed by atoms with Crippen molar-refractivity contribution in [3.63, 3.8) is 0 Å². The Morgan fingerprint density at radius 2 is 0.855 bits per heavy atom. The highest BCUT2D eigenvalue weighted by molar-refractivity contribution is 6.60. The lowest BCUT2D eigenvalue weighted by molar-refractivity contribution is -0.413. The van der Waals surface area contributed by atoms with Crippen LogP contribution in [0.5, 0.6) is 0 Å². The summed E-state index contributed by atoms with van der Waals surface area (Å²) in [7, 11) is -11.7. The van der Waals surface area contributed by atoms with Crippen molar-refractivity contribution in [2.45, 2.75) is 265 Å². The Morgan fingerprint density at radius 1 is 0.434 bits per heavy atom. The minimum absolute atomic E-state index is 0.194. The van der Waals surface area contributed by atoms with E-state index in [4.69, 9.17) is 75.1 Å². The van der Waals surface area contributed by atoms with Crippen molar-refractivity contribution in [2.75, 3.05) is 28.4 Å². The minimum Gasteiger partial charge on any atom is -0.411 e. The fourth-order valence-corrected chi connectivity index (χ4v) is 17.7. The number of fused-ring (bicyclic) bond motifs is 6. The van der Waals surface area contributed by atoms with E-state index < -0.39 is 183 Å². The predicted octanol–water partition coefficient (Wildman–Crippen LogP) is -0.346. The number of methoxy groups -OCH3 is 4. The van der Waals surface area contributed by atoms with E-state index in [2.05, 4.69) is 13.8 Å². The van der Waals surface area contributed by atoms with E-state index in [1.54, 1.807) is 13.8 Å². The lowest BCUT2D eigenvalue weighted by atomic mass is 9.93. The zero-order chi connectivity index (χ0) is 55.7. The molecule has 448 valence electrons. The normalized spacial score (nSPS) is 42.4. The molecule has 0 aromatic heterocycles. The SMILES string of the molecule is CCCCCCC[C@H]1O[C@@H]2O[C@@H]3[C@@H](O)[C@H](OO[SiH](O)CC[Si](O)(O)O[C@@H]4[C@@H](O[C@@H]5[C@@H](O)[C@H](O[Si](O)(O)CC[SiH](O)OO[C@H]2[C@H](O)[C@H]1OC)[C@@H](OC)O[C@@H]5CC)O[C@H](CC)[C@H](OC)[C@H]4O)[C@@H](OC)O[C@@H]3CCCCCCC. The van der Waals surface area contributed by atoms with E-state index in [1.165, 1.54) is 28.4 Å². The highest BCUT2D eigenvalue weighted by atomic mass is 28.4. The van der Waals surface area contributed by atoms with Crippen LogP contribution in [0.3, 0.4) is 0 Å². The summed E-state index contributed by atoms with van der Waals surface area (Å²) >= 11 is 0. The fraction of sp³-hybridized carbons (Fsp3) is 1.00. The third-order valence-electron chi connectivity index (χ3n) is 14.7. The average molecular weight is 1170 g/mol. The molecule has 5 aliphatic heterocycles. The van der Waals surface area contributed by atoms with Gasteiger partial charge in [0.15, 0.2) is 37.4 Å². The first-order valence-corrected chi connectivity index (χ1v) is 35.0. The van der Waals surface area contributed by atoms with E-state index >= 15 is 0 Å². The summed E-state index contributed by atoms with van der Waals surface area (Å²) in [5.74, 6) is 0. The van der Waals surface area contributed by atoms with Crippen molar-refractivity contribution in [3.05, 3.63) is 0 Å². The first-order chi connectivity index (χ1) is 36.3. The number of aliphatic hydroxyl groups excluding tert-OH is 4. The Balaban J connectivity index is 1.50. The second-order valence-corrected chi connectivity index (χ2v) is 28.2. The van der Waals surface area contributed by atoms with E-state index in [-0.39, 0.29) is 12.8 Å². The van der Waals surface area contributed by atoms with Gasteiger partial charge in [-0.3, -0.25) is 9.15 Å². The molecule has 22 atom stereocenters. The van der Waals surface area contributed by atoms with Gasteiger partial charge in [-0.15, -0.1) is 0 Å². The van der Waals surface area contributed by atoms with Gasteiger partial charge < -0.3 is 105 Å². The van der Waals surface area contributed by atoms with E-state index in [0.29, 0.717) is 25.7 Å². The zero-order valence-corrected chi connectivity index (χ0v) is 49.7. The van der Waals surface area contributed by atoms with E-state index in [0.717, 1.165) is 51.4 Å². The fourth-order valence-electron chi connectivity index (χ4n) is 10.4. The molecule has 0 aliphatic carbocycles. The maximum Gasteiger partial charge on any atom is 0.495 e. The van der Waals surface area contributed by atoms with E-state index in [9.17, 15) is 49.2 Å². The van der Waals surface area contributed by atoms with Crippen LogP contribution in [0.25, 0.3) is 0 Å². The van der Waals surface area contributed by atoms with Gasteiger partial charge in [0.1, 0.15) is 61.0 Å². The van der Waals surface area contributed by atoms with Crippen molar-refractivity contribution in [1.29, 1.82) is 0 Å². The molecule has 5 aliphatic rings. The van der Waals surface area contributed by atoms with Crippen LogP contribution in [0.1, 0.15) is 118 Å². The lowest BCUT2D eigenvalue weighted by Gasteiger charge is -2.49. The van der Waals surface area contributed by atoms with Crippen molar-refractivity contribution in [3.8, 4) is 0 Å². The summed E-state index contributed by atoms with van der Waals surface area (Å²) in [6.45, 7) is 7.68. The molecule has 76 heavy (non-hydrogen) atoms. The Bertz CT molecular complexity index is 1610. The van der Waals surface area contributed by atoms with Gasteiger partial charge in [-0.1, -0.05) is 91.9 Å². The van der Waals surface area contributed by atoms with Gasteiger partial charge in [-0.2, -0.15) is 0 Å². The van der Waals surface area contributed by atoms with Crippen molar-refractivity contribution < 1.29 is 124 Å². The second kappa shape index (κ2) is 32.6. The molecule has 30 heteroatoms. The van der Waals surface area contributed by atoms with Gasteiger partial charge in [-0.05, 0) is 37.8 Å². The Hall–Kier alpha value is -0.172. The number of rotatable bonds is 18. The molecule has 5 heterocycles. The highest BCUT2D eigenvalue weighted by Crippen LogP contribution is 2.38. The Kier molecular flexibility index (Phi) is 28.6. The van der Waals surface area contributed by atoms with Gasteiger partial charge in [0.05, 0.1) is 24.4 Å². The highest BCUT2D eigenvalue weighted by Gasteiger charge is 2.57. The first-order valence-electron chi connectivity index (χ1n) is 27.3. The van der Waals surface area contributed by atoms with Crippen LogP contribution in [0.4, 0.5) is 0 Å². The molecule has 5 saturated heterocycles. The van der Waals surface area contributed by atoms with Gasteiger partial charge in [0, 0.05) is 40.5 Å². The maximum absolute atomic E-state index is 12.2. The number of unbranched alkanes of at least 4 members (excludes halogenated alkanes) is 8. The molecule has 0 saturated carbocycles. The maximum atomic E-state index is 12.2. The van der Waals surface area contributed by atoms with Crippen LogP contribution in [0, 0.1) is 0 Å². The van der Waals surface area contributed by atoms with Crippen LogP contribution in [0.15, 0.2) is 0 Å². The summed E-state index contributed by atoms with van der Waals surface area (Å²) in [6, 6.07) is -1.99. The van der Waals surface area contributed by atoms with E-state index in [1.807, 2.05) is 0 Å². The minimum atomic E-state index is -4.94. The quantitative estimate of drug-likeness (QED) is 0.0476. The van der Waals surface area contributed by atoms with Crippen molar-refractivity contribution in [2.24, 2.45) is 0 Å². The number of hydrogen-bond donors (Lipinski definition) is 10. The Morgan fingerprint density at radius 3 is 1.38 bits per heavy atom. The molecule has 0 aromatic rings. The molecule has 4 bridgehead atoms. The lowest BCUT2D eigenvalue weighted by Crippen LogP contribution is -2.67. The standard InChI is InChI=1S/C46H92O26Si4/c1-9-13-15-17-19-21-29-36(58-6)31(47)40-45(64-29)66-38-30(22-20-18-16-14-10-2)63-43(59-7)39(33(38)49)67-71-73(51)24-26-76(55,56)70-42-32(48)35(57-5)27(11-3)62-46(42)65-37-28(12-4)61-44(60-8)41(34(37)50)69-75(53,54)25-23-74(52)72-68-40/h27-56,73-74H,9-26H2,1-8H3/t27-,28-,29-,30-,31-,32-,33-,34-,35+,36+,37+,38+,39+,40+,41+,42+,43+,44+,45-,46-,73?,74?/m1/s1. The molecule has 0 aromatic carbocycles. The summed E-state index contributed by atoms with van der Waals surface area (Å²) in [4.78, 5) is 79.8. The molecular formula is C46H92O26Si4. The third kappa shape index (κ3) is 18.4. The monoisotopic (exact) mass is 1170 g/mol. The smallest absolute Gasteiger partial charge is 0.411 e. The summed E-state index contributed by atoms with van der Waals surface area (Å²) in [6.07, 6.45) is -16.5. The third-order valence-corrected chi connectivity index (χ3v) is 21.3. The average Bonchev–Trinajstić information content (AvgIpc) is 3.39. The number of aliphatic hydroxyl groups is 4. The number of hydrogen-bond acceptors (Lipinski definition) is 26. The molecule has 5 fully saturated rings. The molecular weight excluding hydrogens is 1080 g/mol. The zero-order valence-electron chi connectivity index (χ0n) is 45.4. The predicted molar refractivity (Wildman–Crippen MR) is 271 cm³/mol. The topological polar surface area (TPSA) is 350 Å². The van der Waals surface area contributed by atoms with Crippen molar-refractivity contribution in [1.82, 2.24) is 0 Å². The summed E-state index contributed by atoms with van der Waals surface area (Å²) in [5.41, 5.74) is 0. The second-order valence-electron chi connectivity index (χ2n) is 20.4. The Labute approximate surface area is 452 Å². The summed E-state index contributed by atoms with van der Waals surface area (Å²) < 4.78 is 83.4. The van der Waals surface area contributed by atoms with Crippen LogP contribution in [0.2, 0.25) is 24.2 Å². The van der Waals surface area contributed by atoms with Crippen LogP contribution >= 0.6 is 0 Å². The van der Waals surface area contributed by atoms with Crippen molar-refractivity contribution >= 4 is 36.2 Å². The van der Waals surface area contributed by atoms with Gasteiger partial charge in [0.25, 0.3) is 0 Å². The molecule has 0 amide bonds. The summed E-state index contributed by atoms with van der Waals surface area (Å²) in [5, 5.41) is 47.9. The molecule has 0 spiro atoms. The molecule has 5 rings (SSSR count). The molecule has 10 N–H and O–H groups in total. The van der Waals surface area contributed by atoms with Crippen LogP contribution in [-0.2, 0) is 75.1 Å². The molecule has 0 radical (unpaired) electrons. The molecule has 2 unspecified atom stereocenters. The van der Waals surface area contributed by atoms with Crippen LogP contribution in [-0.4, -0.2) is 237 Å². The van der Waals surface area contributed by atoms with Gasteiger partial charge in [0.2, 0.25) is 0 Å². The van der Waals surface area contributed by atoms with Gasteiger partial charge >= 0.3 is 36.2 Å². The first kappa shape index (κ1) is 66.6. The molecule has 26 nitrogen and oxygen atoms in total. The van der Waals surface area contributed by atoms with Crippen LogP contribution < -0.4 is 0 Å². The largest absolute Gasteiger partial charge is 0.495 e. The number of ether oxygens (including phenoxy) is 10. The van der Waals surface area contributed by atoms with Gasteiger partial charge in [-0.25, -0.2) is 9.78 Å².